The highest BCUT2D eigenvalue weighted by Gasteiger charge is 2.13. The summed E-state index contributed by atoms with van der Waals surface area (Å²) in [7, 11) is 3.29. The number of benzene rings is 2. The highest BCUT2D eigenvalue weighted by Crippen LogP contribution is 2.26. The summed E-state index contributed by atoms with van der Waals surface area (Å²) in [5.74, 6) is 1.35. The molecule has 174 valence electrons. The fourth-order valence-corrected chi connectivity index (χ4v) is 4.18. The molecule has 1 N–H and O–H groups in total. The number of carbonyl (C=O) groups is 1. The molecule has 0 unspecified atom stereocenters. The van der Waals surface area contributed by atoms with Gasteiger partial charge in [0, 0.05) is 33.9 Å². The Morgan fingerprint density at radius 3 is 2.31 bits per heavy atom. The van der Waals surface area contributed by atoms with Crippen LogP contribution in [0.25, 0.3) is 6.08 Å². The SMILES string of the molecule is COc1ccc(Br)cc1C=CC(=O)Nc1ccc(OC)c(CCCN(C(C)C)C(C)C)c1. The molecule has 0 saturated heterocycles. The van der Waals surface area contributed by atoms with E-state index >= 15 is 0 Å². The molecule has 0 aliphatic rings. The Morgan fingerprint density at radius 1 is 1.03 bits per heavy atom. The van der Waals surface area contributed by atoms with Crippen LogP contribution in [0.15, 0.2) is 46.9 Å². The molecule has 0 radical (unpaired) electrons. The topological polar surface area (TPSA) is 50.8 Å². The summed E-state index contributed by atoms with van der Waals surface area (Å²) in [6, 6.07) is 12.5. The average molecular weight is 503 g/mol. The fraction of sp³-hybridized carbons (Fsp3) is 0.423. The zero-order valence-corrected chi connectivity index (χ0v) is 21.5. The Kier molecular flexibility index (Phi) is 10.3. The van der Waals surface area contributed by atoms with Gasteiger partial charge in [0.25, 0.3) is 0 Å². The summed E-state index contributed by atoms with van der Waals surface area (Å²) in [5, 5.41) is 2.95. The summed E-state index contributed by atoms with van der Waals surface area (Å²) in [6.07, 6.45) is 5.16. The molecule has 2 aromatic carbocycles. The lowest BCUT2D eigenvalue weighted by Crippen LogP contribution is -2.37. The zero-order valence-electron chi connectivity index (χ0n) is 19.9. The minimum Gasteiger partial charge on any atom is -0.496 e. The molecular weight excluding hydrogens is 468 g/mol. The molecule has 5 nitrogen and oxygen atoms in total. The van der Waals surface area contributed by atoms with Crippen LogP contribution in [0.5, 0.6) is 11.5 Å². The number of rotatable bonds is 11. The molecule has 0 aliphatic heterocycles. The summed E-state index contributed by atoms with van der Waals surface area (Å²) >= 11 is 3.45. The molecule has 0 spiro atoms. The molecule has 0 atom stereocenters. The van der Waals surface area contributed by atoms with Crippen LogP contribution in [0.3, 0.4) is 0 Å². The van der Waals surface area contributed by atoms with E-state index in [0.717, 1.165) is 46.4 Å². The maximum Gasteiger partial charge on any atom is 0.248 e. The van der Waals surface area contributed by atoms with Gasteiger partial charge in [-0.25, -0.2) is 0 Å². The Bertz CT molecular complexity index is 917. The molecule has 6 heteroatoms. The van der Waals surface area contributed by atoms with Crippen molar-refractivity contribution in [2.75, 3.05) is 26.1 Å². The van der Waals surface area contributed by atoms with Crippen molar-refractivity contribution in [1.29, 1.82) is 0 Å². The number of halogens is 1. The van der Waals surface area contributed by atoms with Crippen molar-refractivity contribution in [3.63, 3.8) is 0 Å². The number of nitrogens with zero attached hydrogens (tertiary/aromatic N) is 1. The van der Waals surface area contributed by atoms with E-state index in [-0.39, 0.29) is 5.91 Å². The van der Waals surface area contributed by atoms with Crippen molar-refractivity contribution in [2.24, 2.45) is 0 Å². The van der Waals surface area contributed by atoms with Crippen LogP contribution in [0, 0.1) is 0 Å². The van der Waals surface area contributed by atoms with Crippen molar-refractivity contribution < 1.29 is 14.3 Å². The Labute approximate surface area is 200 Å². The minimum absolute atomic E-state index is 0.200. The second kappa shape index (κ2) is 12.7. The van der Waals surface area contributed by atoms with Crippen LogP contribution in [0.1, 0.15) is 45.2 Å². The van der Waals surface area contributed by atoms with Crippen molar-refractivity contribution >= 4 is 33.6 Å². The summed E-state index contributed by atoms with van der Waals surface area (Å²) in [6.45, 7) is 9.94. The molecule has 2 rings (SSSR count). The Morgan fingerprint density at radius 2 is 1.69 bits per heavy atom. The first kappa shape index (κ1) is 25.9. The van der Waals surface area contributed by atoms with Gasteiger partial charge in [0.2, 0.25) is 5.91 Å². The first-order valence-electron chi connectivity index (χ1n) is 11.0. The summed E-state index contributed by atoms with van der Waals surface area (Å²) in [5.41, 5.74) is 2.67. The maximum atomic E-state index is 12.5. The molecule has 0 saturated carbocycles. The molecule has 0 aromatic heterocycles. The molecule has 0 fully saturated rings. The number of aryl methyl sites for hydroxylation is 1. The largest absolute Gasteiger partial charge is 0.496 e. The number of amides is 1. The normalized spacial score (nSPS) is 11.6. The van der Waals surface area contributed by atoms with E-state index in [2.05, 4.69) is 53.8 Å². The van der Waals surface area contributed by atoms with Gasteiger partial charge in [-0.15, -0.1) is 0 Å². The lowest BCUT2D eigenvalue weighted by atomic mass is 10.1. The van der Waals surface area contributed by atoms with Crippen LogP contribution in [-0.4, -0.2) is 43.7 Å². The van der Waals surface area contributed by atoms with E-state index in [4.69, 9.17) is 9.47 Å². The minimum atomic E-state index is -0.200. The lowest BCUT2D eigenvalue weighted by Gasteiger charge is -2.30. The third-order valence-electron chi connectivity index (χ3n) is 5.34. The smallest absolute Gasteiger partial charge is 0.248 e. The van der Waals surface area contributed by atoms with E-state index in [1.165, 1.54) is 6.08 Å². The van der Waals surface area contributed by atoms with Gasteiger partial charge in [0.15, 0.2) is 0 Å². The molecule has 2 aromatic rings. The van der Waals surface area contributed by atoms with Gasteiger partial charge in [-0.05, 0) is 95.1 Å². The maximum absolute atomic E-state index is 12.5. The molecule has 1 amide bonds. The van der Waals surface area contributed by atoms with Gasteiger partial charge < -0.3 is 14.8 Å². The monoisotopic (exact) mass is 502 g/mol. The molecule has 0 heterocycles. The fourth-order valence-electron chi connectivity index (χ4n) is 3.80. The predicted molar refractivity (Wildman–Crippen MR) is 137 cm³/mol. The van der Waals surface area contributed by atoms with Crippen molar-refractivity contribution in [2.45, 2.75) is 52.6 Å². The Balaban J connectivity index is 2.06. The first-order chi connectivity index (χ1) is 15.2. The number of anilines is 1. The van der Waals surface area contributed by atoms with Gasteiger partial charge in [-0.1, -0.05) is 15.9 Å². The van der Waals surface area contributed by atoms with Crippen molar-refractivity contribution in [1.82, 2.24) is 4.90 Å². The zero-order chi connectivity index (χ0) is 23.7. The number of nitrogens with one attached hydrogen (secondary N) is 1. The van der Waals surface area contributed by atoms with Crippen molar-refractivity contribution in [3.05, 3.63) is 58.1 Å². The third kappa shape index (κ3) is 7.68. The van der Waals surface area contributed by atoms with Crippen molar-refractivity contribution in [3.8, 4) is 11.5 Å². The number of ether oxygens (including phenoxy) is 2. The Hall–Kier alpha value is -2.31. The average Bonchev–Trinajstić information content (AvgIpc) is 2.75. The van der Waals surface area contributed by atoms with Gasteiger partial charge in [0.05, 0.1) is 14.2 Å². The van der Waals surface area contributed by atoms with Gasteiger partial charge >= 0.3 is 0 Å². The molecule has 32 heavy (non-hydrogen) atoms. The first-order valence-corrected chi connectivity index (χ1v) is 11.8. The van der Waals surface area contributed by atoms with Crippen LogP contribution >= 0.6 is 15.9 Å². The second-order valence-electron chi connectivity index (χ2n) is 8.26. The molecule has 0 bridgehead atoms. The van der Waals surface area contributed by atoms with Gasteiger partial charge in [-0.3, -0.25) is 9.69 Å². The predicted octanol–water partition coefficient (Wildman–Crippen LogP) is 6.17. The number of hydrogen-bond acceptors (Lipinski definition) is 4. The quantitative estimate of drug-likeness (QED) is 0.373. The van der Waals surface area contributed by atoms with E-state index in [0.29, 0.717) is 17.8 Å². The standard InChI is InChI=1S/C26H35BrN2O3/c1-18(2)29(19(3)4)15-7-8-20-17-23(11-13-25(20)32-6)28-26(30)14-9-21-16-22(27)10-12-24(21)31-5/h9-14,16-19H,7-8,15H2,1-6H3,(H,28,30). The molecule has 0 aliphatic carbocycles. The number of methoxy groups -OCH3 is 2. The summed E-state index contributed by atoms with van der Waals surface area (Å²) in [4.78, 5) is 15.0. The van der Waals surface area contributed by atoms with Crippen LogP contribution in [0.4, 0.5) is 5.69 Å². The second-order valence-corrected chi connectivity index (χ2v) is 9.18. The number of hydrogen-bond donors (Lipinski definition) is 1. The highest BCUT2D eigenvalue weighted by molar-refractivity contribution is 9.10. The van der Waals surface area contributed by atoms with E-state index in [1.54, 1.807) is 20.3 Å². The van der Waals surface area contributed by atoms with E-state index < -0.39 is 0 Å². The molecular formula is C26H35BrN2O3. The van der Waals surface area contributed by atoms with Gasteiger partial charge in [0.1, 0.15) is 11.5 Å². The van der Waals surface area contributed by atoms with Crippen LogP contribution in [0.2, 0.25) is 0 Å². The third-order valence-corrected chi connectivity index (χ3v) is 5.84. The van der Waals surface area contributed by atoms with Gasteiger partial charge in [-0.2, -0.15) is 0 Å². The lowest BCUT2D eigenvalue weighted by molar-refractivity contribution is -0.111. The van der Waals surface area contributed by atoms with E-state index in [9.17, 15) is 4.79 Å². The van der Waals surface area contributed by atoms with Crippen LogP contribution < -0.4 is 14.8 Å². The summed E-state index contributed by atoms with van der Waals surface area (Å²) < 4.78 is 11.8. The highest BCUT2D eigenvalue weighted by atomic mass is 79.9. The van der Waals surface area contributed by atoms with E-state index in [1.807, 2.05) is 36.4 Å². The number of carbonyl (C=O) groups excluding carboxylic acids is 1. The van der Waals surface area contributed by atoms with Crippen LogP contribution in [-0.2, 0) is 11.2 Å².